The highest BCUT2D eigenvalue weighted by atomic mass is 19.1. The lowest BCUT2D eigenvalue weighted by Gasteiger charge is -2.35. The Bertz CT molecular complexity index is 746. The summed E-state index contributed by atoms with van der Waals surface area (Å²) in [5.41, 5.74) is 1.08. The standard InChI is InChI=1S/C19H22FN5O/c20-16-4-2-14(3-5-16)15-12-17(23-13-15)18(26)24-8-10-25(11-9-24)19-21-6-1-7-22-19/h1-7,15,17,23H,8-13H2. The first-order valence-electron chi connectivity index (χ1n) is 9.00. The number of halogens is 1. The minimum Gasteiger partial charge on any atom is -0.338 e. The van der Waals surface area contributed by atoms with Crippen LogP contribution in [0.1, 0.15) is 17.9 Å². The van der Waals surface area contributed by atoms with Gasteiger partial charge in [0.25, 0.3) is 0 Å². The Morgan fingerprint density at radius 2 is 1.77 bits per heavy atom. The van der Waals surface area contributed by atoms with E-state index in [9.17, 15) is 9.18 Å². The zero-order valence-electron chi connectivity index (χ0n) is 14.5. The van der Waals surface area contributed by atoms with Gasteiger partial charge in [0.2, 0.25) is 11.9 Å². The number of rotatable bonds is 3. The molecule has 0 saturated carbocycles. The molecule has 2 atom stereocenters. The van der Waals surface area contributed by atoms with Gasteiger partial charge in [0, 0.05) is 45.1 Å². The third-order valence-electron chi connectivity index (χ3n) is 5.20. The summed E-state index contributed by atoms with van der Waals surface area (Å²) in [4.78, 5) is 25.4. The maximum absolute atomic E-state index is 13.1. The van der Waals surface area contributed by atoms with Gasteiger partial charge >= 0.3 is 0 Å². The fourth-order valence-corrected chi connectivity index (χ4v) is 3.71. The molecule has 1 aromatic carbocycles. The van der Waals surface area contributed by atoms with Crippen LogP contribution in [0.15, 0.2) is 42.7 Å². The van der Waals surface area contributed by atoms with Crippen LogP contribution >= 0.6 is 0 Å². The Morgan fingerprint density at radius 3 is 2.46 bits per heavy atom. The van der Waals surface area contributed by atoms with E-state index >= 15 is 0 Å². The number of carbonyl (C=O) groups excluding carboxylic acids is 1. The van der Waals surface area contributed by atoms with Gasteiger partial charge in [-0.25, -0.2) is 14.4 Å². The van der Waals surface area contributed by atoms with Crippen molar-refractivity contribution in [1.29, 1.82) is 0 Å². The van der Waals surface area contributed by atoms with Crippen molar-refractivity contribution in [3.05, 3.63) is 54.1 Å². The van der Waals surface area contributed by atoms with Crippen LogP contribution in [0.2, 0.25) is 0 Å². The molecule has 2 aromatic rings. The number of nitrogens with zero attached hydrogens (tertiary/aromatic N) is 4. The largest absolute Gasteiger partial charge is 0.338 e. The molecule has 1 N–H and O–H groups in total. The fourth-order valence-electron chi connectivity index (χ4n) is 3.71. The SMILES string of the molecule is O=C(C1CC(c2ccc(F)cc2)CN1)N1CCN(c2ncccn2)CC1. The zero-order chi connectivity index (χ0) is 17.9. The number of aromatic nitrogens is 2. The molecule has 2 unspecified atom stereocenters. The van der Waals surface area contributed by atoms with Gasteiger partial charge < -0.3 is 15.1 Å². The second-order valence-electron chi connectivity index (χ2n) is 6.81. The lowest BCUT2D eigenvalue weighted by Crippen LogP contribution is -2.53. The lowest BCUT2D eigenvalue weighted by molar-refractivity contribution is -0.133. The first kappa shape index (κ1) is 16.9. The molecule has 2 fully saturated rings. The van der Waals surface area contributed by atoms with Gasteiger partial charge in [0.15, 0.2) is 0 Å². The molecule has 0 spiro atoms. The van der Waals surface area contributed by atoms with Crippen molar-refractivity contribution in [2.75, 3.05) is 37.6 Å². The summed E-state index contributed by atoms with van der Waals surface area (Å²) in [5, 5.41) is 3.34. The van der Waals surface area contributed by atoms with Gasteiger partial charge in [0.1, 0.15) is 5.82 Å². The minimum atomic E-state index is -0.229. The number of piperazine rings is 1. The van der Waals surface area contributed by atoms with Gasteiger partial charge in [0.05, 0.1) is 6.04 Å². The molecule has 2 aliphatic rings. The molecule has 0 radical (unpaired) electrons. The van der Waals surface area contributed by atoms with Crippen molar-refractivity contribution in [2.24, 2.45) is 0 Å². The summed E-state index contributed by atoms with van der Waals surface area (Å²) in [5.74, 6) is 0.898. The van der Waals surface area contributed by atoms with Gasteiger partial charge in [-0.1, -0.05) is 12.1 Å². The van der Waals surface area contributed by atoms with E-state index in [4.69, 9.17) is 0 Å². The summed E-state index contributed by atoms with van der Waals surface area (Å²) >= 11 is 0. The maximum atomic E-state index is 13.1. The highest BCUT2D eigenvalue weighted by molar-refractivity contribution is 5.82. The van der Waals surface area contributed by atoms with Crippen molar-refractivity contribution in [3.8, 4) is 0 Å². The van der Waals surface area contributed by atoms with Crippen LogP contribution in [0.4, 0.5) is 10.3 Å². The fraction of sp³-hybridized carbons (Fsp3) is 0.421. The molecule has 1 amide bonds. The molecule has 0 aliphatic carbocycles. The monoisotopic (exact) mass is 355 g/mol. The molecule has 6 nitrogen and oxygen atoms in total. The summed E-state index contributed by atoms with van der Waals surface area (Å²) in [6, 6.07) is 8.22. The quantitative estimate of drug-likeness (QED) is 0.902. The van der Waals surface area contributed by atoms with Gasteiger partial charge in [-0.2, -0.15) is 0 Å². The third-order valence-corrected chi connectivity index (χ3v) is 5.20. The highest BCUT2D eigenvalue weighted by Gasteiger charge is 2.34. The molecule has 136 valence electrons. The average molecular weight is 355 g/mol. The Labute approximate surface area is 152 Å². The molecule has 26 heavy (non-hydrogen) atoms. The molecular weight excluding hydrogens is 333 g/mol. The number of anilines is 1. The lowest BCUT2D eigenvalue weighted by atomic mass is 9.96. The first-order chi connectivity index (χ1) is 12.7. The number of hydrogen-bond acceptors (Lipinski definition) is 5. The molecule has 1 aromatic heterocycles. The van der Waals surface area contributed by atoms with E-state index in [1.165, 1.54) is 12.1 Å². The molecule has 7 heteroatoms. The van der Waals surface area contributed by atoms with E-state index in [0.717, 1.165) is 37.6 Å². The Morgan fingerprint density at radius 1 is 1.08 bits per heavy atom. The zero-order valence-corrected chi connectivity index (χ0v) is 14.5. The van der Waals surface area contributed by atoms with E-state index in [0.29, 0.717) is 13.1 Å². The number of amides is 1. The predicted molar refractivity (Wildman–Crippen MR) is 96.4 cm³/mol. The van der Waals surface area contributed by atoms with E-state index in [1.54, 1.807) is 18.5 Å². The number of carbonyl (C=O) groups is 1. The Kier molecular flexibility index (Phi) is 4.79. The van der Waals surface area contributed by atoms with Crippen molar-refractivity contribution in [3.63, 3.8) is 0 Å². The van der Waals surface area contributed by atoms with E-state index in [-0.39, 0.29) is 23.7 Å². The van der Waals surface area contributed by atoms with E-state index in [2.05, 4.69) is 20.2 Å². The van der Waals surface area contributed by atoms with Crippen molar-refractivity contribution in [1.82, 2.24) is 20.2 Å². The number of hydrogen-bond donors (Lipinski definition) is 1. The molecule has 0 bridgehead atoms. The van der Waals surface area contributed by atoms with E-state index < -0.39 is 0 Å². The van der Waals surface area contributed by atoms with Crippen LogP contribution < -0.4 is 10.2 Å². The molecule has 2 saturated heterocycles. The average Bonchev–Trinajstić information content (AvgIpc) is 3.19. The smallest absolute Gasteiger partial charge is 0.239 e. The number of nitrogens with one attached hydrogen (secondary N) is 1. The van der Waals surface area contributed by atoms with Gasteiger partial charge in [-0.15, -0.1) is 0 Å². The summed E-state index contributed by atoms with van der Waals surface area (Å²) < 4.78 is 13.1. The third kappa shape index (κ3) is 3.53. The summed E-state index contributed by atoms with van der Waals surface area (Å²) in [6.45, 7) is 3.58. The van der Waals surface area contributed by atoms with Crippen LogP contribution in [0, 0.1) is 5.82 Å². The molecule has 4 rings (SSSR count). The Hall–Kier alpha value is -2.54. The van der Waals surface area contributed by atoms with Crippen molar-refractivity contribution in [2.45, 2.75) is 18.4 Å². The van der Waals surface area contributed by atoms with Gasteiger partial charge in [-0.3, -0.25) is 4.79 Å². The number of benzene rings is 1. The van der Waals surface area contributed by atoms with Crippen LogP contribution in [-0.4, -0.2) is 59.5 Å². The van der Waals surface area contributed by atoms with Crippen LogP contribution in [-0.2, 0) is 4.79 Å². The maximum Gasteiger partial charge on any atom is 0.239 e. The normalized spacial score (nSPS) is 23.3. The second kappa shape index (κ2) is 7.37. The molecular formula is C19H22FN5O. The molecule has 2 aliphatic heterocycles. The highest BCUT2D eigenvalue weighted by Crippen LogP contribution is 2.27. The minimum absolute atomic E-state index is 0.156. The van der Waals surface area contributed by atoms with Crippen LogP contribution in [0.25, 0.3) is 0 Å². The topological polar surface area (TPSA) is 61.4 Å². The summed E-state index contributed by atoms with van der Waals surface area (Å²) in [6.07, 6.45) is 4.22. The van der Waals surface area contributed by atoms with Gasteiger partial charge in [-0.05, 0) is 36.1 Å². The summed E-state index contributed by atoms with van der Waals surface area (Å²) in [7, 11) is 0. The predicted octanol–water partition coefficient (Wildman–Crippen LogP) is 1.41. The van der Waals surface area contributed by atoms with Crippen LogP contribution in [0.3, 0.4) is 0 Å². The molecule has 3 heterocycles. The van der Waals surface area contributed by atoms with Crippen LogP contribution in [0.5, 0.6) is 0 Å². The second-order valence-corrected chi connectivity index (χ2v) is 6.81. The Balaban J connectivity index is 1.32. The van der Waals surface area contributed by atoms with Crippen molar-refractivity contribution < 1.29 is 9.18 Å². The van der Waals surface area contributed by atoms with Crippen molar-refractivity contribution >= 4 is 11.9 Å². The van der Waals surface area contributed by atoms with E-state index in [1.807, 2.05) is 17.0 Å². The first-order valence-corrected chi connectivity index (χ1v) is 9.00.